The molecule has 1 saturated heterocycles. The molecule has 1 aliphatic rings. The highest BCUT2D eigenvalue weighted by molar-refractivity contribution is 6.33. The van der Waals surface area contributed by atoms with Crippen LogP contribution in [0.3, 0.4) is 0 Å². The van der Waals surface area contributed by atoms with E-state index in [2.05, 4.69) is 5.32 Å². The highest BCUT2D eigenvalue weighted by Crippen LogP contribution is 2.28. The third-order valence-corrected chi connectivity index (χ3v) is 4.18. The van der Waals surface area contributed by atoms with Gasteiger partial charge in [0.1, 0.15) is 5.82 Å². The van der Waals surface area contributed by atoms with Crippen molar-refractivity contribution in [1.29, 1.82) is 0 Å². The molecule has 1 N–H and O–H groups in total. The van der Waals surface area contributed by atoms with E-state index in [1.807, 2.05) is 0 Å². The molecule has 0 bridgehead atoms. The molecule has 5 nitrogen and oxygen atoms in total. The van der Waals surface area contributed by atoms with E-state index in [1.165, 1.54) is 23.1 Å². The van der Waals surface area contributed by atoms with Crippen LogP contribution in [-0.4, -0.2) is 50.6 Å². The van der Waals surface area contributed by atoms with Crippen LogP contribution in [0, 0.1) is 17.7 Å². The number of rotatable bonds is 4. The molecule has 120 valence electrons. The monoisotopic (exact) mass is 328 g/mol. The molecule has 1 fully saturated rings. The molecule has 1 aromatic carbocycles. The number of methoxy groups -OCH3 is 1. The molecule has 0 saturated carbocycles. The Balaban J connectivity index is 2.23. The number of amides is 2. The normalized spacial score (nSPS) is 21.0. The zero-order valence-electron chi connectivity index (χ0n) is 12.4. The van der Waals surface area contributed by atoms with Crippen molar-refractivity contribution in [3.63, 3.8) is 0 Å². The summed E-state index contributed by atoms with van der Waals surface area (Å²) in [6, 6.07) is 4.11. The van der Waals surface area contributed by atoms with Gasteiger partial charge in [-0.25, -0.2) is 4.39 Å². The van der Waals surface area contributed by atoms with E-state index in [4.69, 9.17) is 16.3 Å². The summed E-state index contributed by atoms with van der Waals surface area (Å²) in [6.45, 7) is 0.902. The third kappa shape index (κ3) is 3.23. The Morgan fingerprint density at radius 1 is 1.45 bits per heavy atom. The predicted octanol–water partition coefficient (Wildman–Crippen LogP) is 1.56. The molecule has 0 unspecified atom stereocenters. The molecule has 2 amide bonds. The molecule has 2 rings (SSSR count). The van der Waals surface area contributed by atoms with Crippen molar-refractivity contribution in [2.45, 2.75) is 0 Å². The van der Waals surface area contributed by atoms with Crippen LogP contribution in [0.2, 0.25) is 5.02 Å². The second-order valence-electron chi connectivity index (χ2n) is 5.24. The first-order valence-electron chi connectivity index (χ1n) is 6.93. The van der Waals surface area contributed by atoms with Gasteiger partial charge in [0.05, 0.1) is 23.1 Å². The molecular weight excluding hydrogens is 311 g/mol. The van der Waals surface area contributed by atoms with Gasteiger partial charge >= 0.3 is 0 Å². The Morgan fingerprint density at radius 3 is 2.77 bits per heavy atom. The Morgan fingerprint density at radius 2 is 2.18 bits per heavy atom. The van der Waals surface area contributed by atoms with Crippen LogP contribution >= 0.6 is 11.6 Å². The van der Waals surface area contributed by atoms with E-state index in [1.54, 1.807) is 14.2 Å². The van der Waals surface area contributed by atoms with E-state index < -0.39 is 11.7 Å². The lowest BCUT2D eigenvalue weighted by atomic mass is 9.96. The maximum Gasteiger partial charge on any atom is 0.258 e. The smallest absolute Gasteiger partial charge is 0.258 e. The Labute approximate surface area is 133 Å². The molecule has 0 aliphatic carbocycles. The van der Waals surface area contributed by atoms with Crippen molar-refractivity contribution in [1.82, 2.24) is 10.2 Å². The molecular formula is C15H18ClFN2O3. The Hall–Kier alpha value is -1.66. The minimum Gasteiger partial charge on any atom is -0.384 e. The molecule has 0 aromatic heterocycles. The molecule has 1 aliphatic heterocycles. The van der Waals surface area contributed by atoms with Crippen molar-refractivity contribution in [2.24, 2.45) is 11.8 Å². The largest absolute Gasteiger partial charge is 0.384 e. The lowest BCUT2D eigenvalue weighted by Gasteiger charge is -2.17. The summed E-state index contributed by atoms with van der Waals surface area (Å²) in [5, 5.41) is 2.65. The fraction of sp³-hybridized carbons (Fsp3) is 0.467. The van der Waals surface area contributed by atoms with Crippen LogP contribution in [0.15, 0.2) is 18.2 Å². The molecule has 7 heteroatoms. The van der Waals surface area contributed by atoms with Crippen LogP contribution in [-0.2, 0) is 9.53 Å². The standard InChI is InChI=1S/C15H18ClFN2O3/c1-18-14(20)10-7-19(6-9(10)8-22-2)15(21)13-11(16)4-3-5-12(13)17/h3-5,9-10H,6-8H2,1-2H3,(H,18,20)/t9-,10+/m0/s1. The van der Waals surface area contributed by atoms with Crippen molar-refractivity contribution in [3.8, 4) is 0 Å². The average molecular weight is 329 g/mol. The summed E-state index contributed by atoms with van der Waals surface area (Å²) >= 11 is 5.94. The lowest BCUT2D eigenvalue weighted by molar-refractivity contribution is -0.125. The first kappa shape index (κ1) is 16.7. The van der Waals surface area contributed by atoms with Gasteiger partial charge in [-0.3, -0.25) is 9.59 Å². The van der Waals surface area contributed by atoms with Crippen molar-refractivity contribution < 1.29 is 18.7 Å². The number of hydrogen-bond acceptors (Lipinski definition) is 3. The quantitative estimate of drug-likeness (QED) is 0.912. The van der Waals surface area contributed by atoms with Gasteiger partial charge in [0.25, 0.3) is 5.91 Å². The number of nitrogens with one attached hydrogen (secondary N) is 1. The van der Waals surface area contributed by atoms with Crippen LogP contribution in [0.5, 0.6) is 0 Å². The number of benzene rings is 1. The van der Waals surface area contributed by atoms with E-state index in [-0.39, 0.29) is 34.9 Å². The maximum atomic E-state index is 13.9. The molecule has 22 heavy (non-hydrogen) atoms. The van der Waals surface area contributed by atoms with Crippen LogP contribution in [0.25, 0.3) is 0 Å². The maximum absolute atomic E-state index is 13.9. The van der Waals surface area contributed by atoms with Gasteiger partial charge in [-0.15, -0.1) is 0 Å². The summed E-state index contributed by atoms with van der Waals surface area (Å²) in [4.78, 5) is 25.9. The topological polar surface area (TPSA) is 58.6 Å². The summed E-state index contributed by atoms with van der Waals surface area (Å²) in [5.74, 6) is -1.82. The SMILES string of the molecule is CNC(=O)[C@@H]1CN(C(=O)c2c(F)cccc2Cl)C[C@H]1COC. The highest BCUT2D eigenvalue weighted by Gasteiger charge is 2.40. The van der Waals surface area contributed by atoms with Crippen molar-refractivity contribution in [3.05, 3.63) is 34.6 Å². The van der Waals surface area contributed by atoms with Gasteiger partial charge in [-0.05, 0) is 12.1 Å². The summed E-state index contributed by atoms with van der Waals surface area (Å²) in [6.07, 6.45) is 0. The lowest BCUT2D eigenvalue weighted by Crippen LogP contribution is -2.34. The van der Waals surface area contributed by atoms with Gasteiger partial charge in [-0.2, -0.15) is 0 Å². The fourth-order valence-electron chi connectivity index (χ4n) is 2.76. The number of carbonyl (C=O) groups excluding carboxylic acids is 2. The summed E-state index contributed by atoms with van der Waals surface area (Å²) in [5.41, 5.74) is -0.155. The molecule has 2 atom stereocenters. The van der Waals surface area contributed by atoms with Crippen molar-refractivity contribution >= 4 is 23.4 Å². The van der Waals surface area contributed by atoms with E-state index in [0.717, 1.165) is 0 Å². The highest BCUT2D eigenvalue weighted by atomic mass is 35.5. The fourth-order valence-corrected chi connectivity index (χ4v) is 3.01. The van der Waals surface area contributed by atoms with Gasteiger partial charge in [0, 0.05) is 33.2 Å². The van der Waals surface area contributed by atoms with Gasteiger partial charge < -0.3 is 15.0 Å². The number of halogens is 2. The molecule has 0 spiro atoms. The van der Waals surface area contributed by atoms with E-state index in [9.17, 15) is 14.0 Å². The number of hydrogen-bond donors (Lipinski definition) is 1. The number of nitrogens with zero attached hydrogens (tertiary/aromatic N) is 1. The zero-order valence-corrected chi connectivity index (χ0v) is 13.2. The Bertz CT molecular complexity index is 562. The van der Waals surface area contributed by atoms with Crippen molar-refractivity contribution in [2.75, 3.05) is 33.9 Å². The number of likely N-dealkylation sites (tertiary alicyclic amines) is 1. The summed E-state index contributed by atoms with van der Waals surface area (Å²) < 4.78 is 19.0. The summed E-state index contributed by atoms with van der Waals surface area (Å²) in [7, 11) is 3.09. The van der Waals surface area contributed by atoms with Gasteiger partial charge in [0.15, 0.2) is 0 Å². The minimum atomic E-state index is -0.663. The first-order chi connectivity index (χ1) is 10.5. The molecule has 0 radical (unpaired) electrons. The van der Waals surface area contributed by atoms with Crippen LogP contribution < -0.4 is 5.32 Å². The van der Waals surface area contributed by atoms with Crippen LogP contribution in [0.4, 0.5) is 4.39 Å². The second-order valence-corrected chi connectivity index (χ2v) is 5.65. The number of ether oxygens (including phenoxy) is 1. The Kier molecular flexibility index (Phi) is 5.37. The molecule has 1 aromatic rings. The molecule has 1 heterocycles. The second kappa shape index (κ2) is 7.07. The van der Waals surface area contributed by atoms with Gasteiger partial charge in [-0.1, -0.05) is 17.7 Å². The first-order valence-corrected chi connectivity index (χ1v) is 7.31. The van der Waals surface area contributed by atoms with E-state index in [0.29, 0.717) is 13.2 Å². The third-order valence-electron chi connectivity index (χ3n) is 3.87. The predicted molar refractivity (Wildman–Crippen MR) is 80.2 cm³/mol. The average Bonchev–Trinajstić information content (AvgIpc) is 2.90. The van der Waals surface area contributed by atoms with Gasteiger partial charge in [0.2, 0.25) is 5.91 Å². The zero-order chi connectivity index (χ0) is 16.3. The van der Waals surface area contributed by atoms with E-state index >= 15 is 0 Å². The van der Waals surface area contributed by atoms with Crippen LogP contribution in [0.1, 0.15) is 10.4 Å². The minimum absolute atomic E-state index is 0.0664. The number of carbonyl (C=O) groups is 2.